The van der Waals surface area contributed by atoms with Gasteiger partial charge in [-0.1, -0.05) is 0 Å². The second kappa shape index (κ2) is 3.42. The van der Waals surface area contributed by atoms with E-state index in [9.17, 15) is 0 Å². The van der Waals surface area contributed by atoms with Crippen LogP contribution in [0.5, 0.6) is 0 Å². The zero-order chi connectivity index (χ0) is 11.0. The summed E-state index contributed by atoms with van der Waals surface area (Å²) in [6.45, 7) is 0.674. The summed E-state index contributed by atoms with van der Waals surface area (Å²) < 4.78 is 0. The van der Waals surface area contributed by atoms with Crippen LogP contribution in [0.25, 0.3) is 11.3 Å². The maximum absolute atomic E-state index is 5.78. The summed E-state index contributed by atoms with van der Waals surface area (Å²) in [7, 11) is 0. The smallest absolute Gasteiger partial charge is 0.114 e. The first-order valence-corrected chi connectivity index (χ1v) is 5.50. The highest BCUT2D eigenvalue weighted by Gasteiger charge is 2.45. The standard InChI is InChI=1S/C12H14N4/c13-8-12(3-4-12)11-15-7-10(16-11)9-2-1-5-14-6-9/h1-2,5-7H,3-4,8,13H2,(H,15,16). The molecule has 82 valence electrons. The quantitative estimate of drug-likeness (QED) is 0.812. The molecule has 4 nitrogen and oxygen atoms in total. The Morgan fingerprint density at radius 3 is 2.88 bits per heavy atom. The molecule has 0 aliphatic heterocycles. The van der Waals surface area contributed by atoms with Gasteiger partial charge in [0, 0.05) is 29.9 Å². The Morgan fingerprint density at radius 1 is 1.38 bits per heavy atom. The third-order valence-electron chi connectivity index (χ3n) is 3.29. The van der Waals surface area contributed by atoms with Gasteiger partial charge in [-0.25, -0.2) is 4.98 Å². The number of H-pyrrole nitrogens is 1. The highest BCUT2D eigenvalue weighted by Crippen LogP contribution is 2.45. The van der Waals surface area contributed by atoms with Crippen molar-refractivity contribution in [3.63, 3.8) is 0 Å². The molecular weight excluding hydrogens is 200 g/mol. The van der Waals surface area contributed by atoms with E-state index in [1.807, 2.05) is 24.5 Å². The van der Waals surface area contributed by atoms with Gasteiger partial charge in [-0.3, -0.25) is 4.98 Å². The van der Waals surface area contributed by atoms with Crippen LogP contribution in [0.15, 0.2) is 30.7 Å². The van der Waals surface area contributed by atoms with Crippen LogP contribution >= 0.6 is 0 Å². The number of nitrogens with one attached hydrogen (secondary N) is 1. The Kier molecular flexibility index (Phi) is 2.04. The molecule has 0 radical (unpaired) electrons. The van der Waals surface area contributed by atoms with Crippen molar-refractivity contribution < 1.29 is 0 Å². The molecule has 3 N–H and O–H groups in total. The molecule has 0 bridgehead atoms. The summed E-state index contributed by atoms with van der Waals surface area (Å²) in [4.78, 5) is 11.9. The van der Waals surface area contributed by atoms with E-state index in [0.717, 1.165) is 29.9 Å². The van der Waals surface area contributed by atoms with Crippen molar-refractivity contribution in [2.75, 3.05) is 6.54 Å². The third kappa shape index (κ3) is 1.42. The van der Waals surface area contributed by atoms with E-state index in [1.165, 1.54) is 0 Å². The van der Waals surface area contributed by atoms with Gasteiger partial charge in [-0.2, -0.15) is 0 Å². The van der Waals surface area contributed by atoms with E-state index in [1.54, 1.807) is 6.20 Å². The maximum atomic E-state index is 5.78. The first kappa shape index (κ1) is 9.54. The van der Waals surface area contributed by atoms with Crippen molar-refractivity contribution in [2.24, 2.45) is 5.73 Å². The molecule has 1 fully saturated rings. The summed E-state index contributed by atoms with van der Waals surface area (Å²) in [6.07, 6.45) is 7.75. The van der Waals surface area contributed by atoms with Crippen molar-refractivity contribution in [3.05, 3.63) is 36.5 Å². The number of aromatic nitrogens is 3. The minimum absolute atomic E-state index is 0.125. The molecule has 3 rings (SSSR count). The minimum atomic E-state index is 0.125. The Hall–Kier alpha value is -1.68. The number of rotatable bonds is 3. The molecule has 0 saturated heterocycles. The number of hydrogen-bond donors (Lipinski definition) is 2. The van der Waals surface area contributed by atoms with E-state index < -0.39 is 0 Å². The largest absolute Gasteiger partial charge is 0.341 e. The van der Waals surface area contributed by atoms with Crippen LogP contribution in [-0.2, 0) is 5.41 Å². The molecule has 2 heterocycles. The summed E-state index contributed by atoms with van der Waals surface area (Å²) in [5.41, 5.74) is 7.98. The molecule has 1 saturated carbocycles. The van der Waals surface area contributed by atoms with Crippen LogP contribution in [0.4, 0.5) is 0 Å². The molecule has 2 aromatic rings. The zero-order valence-corrected chi connectivity index (χ0v) is 8.98. The maximum Gasteiger partial charge on any atom is 0.114 e. The lowest BCUT2D eigenvalue weighted by Gasteiger charge is -2.07. The second-order valence-corrected chi connectivity index (χ2v) is 4.37. The van der Waals surface area contributed by atoms with Crippen LogP contribution in [0.3, 0.4) is 0 Å². The fourth-order valence-corrected chi connectivity index (χ4v) is 1.95. The van der Waals surface area contributed by atoms with Gasteiger partial charge < -0.3 is 10.7 Å². The number of hydrogen-bond acceptors (Lipinski definition) is 3. The van der Waals surface area contributed by atoms with E-state index in [0.29, 0.717) is 6.54 Å². The van der Waals surface area contributed by atoms with Crippen molar-refractivity contribution in [1.82, 2.24) is 15.0 Å². The Balaban J connectivity index is 1.94. The number of nitrogens with zero attached hydrogens (tertiary/aromatic N) is 2. The van der Waals surface area contributed by atoms with E-state index >= 15 is 0 Å². The van der Waals surface area contributed by atoms with Crippen LogP contribution in [0.1, 0.15) is 18.7 Å². The molecule has 1 aliphatic carbocycles. The van der Waals surface area contributed by atoms with Gasteiger partial charge in [0.15, 0.2) is 0 Å². The monoisotopic (exact) mass is 214 g/mol. The van der Waals surface area contributed by atoms with Crippen molar-refractivity contribution >= 4 is 0 Å². The lowest BCUT2D eigenvalue weighted by atomic mass is 10.1. The first-order valence-electron chi connectivity index (χ1n) is 5.50. The highest BCUT2D eigenvalue weighted by molar-refractivity contribution is 5.57. The van der Waals surface area contributed by atoms with Crippen molar-refractivity contribution in [2.45, 2.75) is 18.3 Å². The SMILES string of the molecule is NCC1(c2ncc(-c3cccnc3)[nH]2)CC1. The molecule has 0 aromatic carbocycles. The Labute approximate surface area is 93.9 Å². The van der Waals surface area contributed by atoms with Gasteiger partial charge in [0.25, 0.3) is 0 Å². The van der Waals surface area contributed by atoms with Crippen molar-refractivity contribution in [3.8, 4) is 11.3 Å². The van der Waals surface area contributed by atoms with Gasteiger partial charge in [-0.15, -0.1) is 0 Å². The van der Waals surface area contributed by atoms with Gasteiger partial charge in [-0.05, 0) is 25.0 Å². The molecule has 4 heteroatoms. The summed E-state index contributed by atoms with van der Waals surface area (Å²) in [6, 6.07) is 3.94. The van der Waals surface area contributed by atoms with Gasteiger partial charge in [0.2, 0.25) is 0 Å². The van der Waals surface area contributed by atoms with Crippen molar-refractivity contribution in [1.29, 1.82) is 0 Å². The highest BCUT2D eigenvalue weighted by atomic mass is 15.0. The van der Waals surface area contributed by atoms with Crippen LogP contribution < -0.4 is 5.73 Å². The Bertz CT molecular complexity index is 485. The topological polar surface area (TPSA) is 67.6 Å². The van der Waals surface area contributed by atoms with Gasteiger partial charge in [0.1, 0.15) is 5.82 Å². The Morgan fingerprint density at radius 2 is 2.25 bits per heavy atom. The molecule has 16 heavy (non-hydrogen) atoms. The van der Waals surface area contributed by atoms with Crippen LogP contribution in [0, 0.1) is 0 Å². The van der Waals surface area contributed by atoms with Crippen LogP contribution in [0.2, 0.25) is 0 Å². The molecule has 0 unspecified atom stereocenters. The fourth-order valence-electron chi connectivity index (χ4n) is 1.95. The molecule has 0 spiro atoms. The third-order valence-corrected chi connectivity index (χ3v) is 3.29. The summed E-state index contributed by atoms with van der Waals surface area (Å²) in [5.74, 6) is 1.02. The normalized spacial score (nSPS) is 17.3. The minimum Gasteiger partial charge on any atom is -0.341 e. The first-order chi connectivity index (χ1) is 7.84. The molecule has 1 aliphatic rings. The fraction of sp³-hybridized carbons (Fsp3) is 0.333. The molecule has 0 atom stereocenters. The predicted octanol–water partition coefficient (Wildman–Crippen LogP) is 1.46. The van der Waals surface area contributed by atoms with E-state index in [-0.39, 0.29) is 5.41 Å². The second-order valence-electron chi connectivity index (χ2n) is 4.37. The summed E-state index contributed by atoms with van der Waals surface area (Å²) >= 11 is 0. The lowest BCUT2D eigenvalue weighted by molar-refractivity contribution is 0.659. The van der Waals surface area contributed by atoms with Gasteiger partial charge in [0.05, 0.1) is 11.9 Å². The predicted molar refractivity (Wildman–Crippen MR) is 61.8 cm³/mol. The van der Waals surface area contributed by atoms with Gasteiger partial charge >= 0.3 is 0 Å². The lowest BCUT2D eigenvalue weighted by Crippen LogP contribution is -2.21. The summed E-state index contributed by atoms with van der Waals surface area (Å²) in [5, 5.41) is 0. The zero-order valence-electron chi connectivity index (χ0n) is 8.98. The molecular formula is C12H14N4. The number of aromatic amines is 1. The number of pyridine rings is 1. The average Bonchev–Trinajstić information content (AvgIpc) is 3.00. The molecule has 0 amide bonds. The average molecular weight is 214 g/mol. The van der Waals surface area contributed by atoms with E-state index in [4.69, 9.17) is 5.73 Å². The number of nitrogens with two attached hydrogens (primary N) is 1. The number of imidazole rings is 1. The molecule has 2 aromatic heterocycles. The van der Waals surface area contributed by atoms with Crippen LogP contribution in [-0.4, -0.2) is 21.5 Å². The van der Waals surface area contributed by atoms with E-state index in [2.05, 4.69) is 15.0 Å².